The van der Waals surface area contributed by atoms with Crippen LogP contribution in [-0.2, 0) is 33.5 Å². The summed E-state index contributed by atoms with van der Waals surface area (Å²) in [5.41, 5.74) is 9.93. The predicted molar refractivity (Wildman–Crippen MR) is 120 cm³/mol. The number of carboxylic acids is 1. The lowest BCUT2D eigenvalue weighted by atomic mass is 10.0. The van der Waals surface area contributed by atoms with Crippen LogP contribution in [0.2, 0.25) is 4.34 Å². The number of esters is 1. The molecule has 0 spiro atoms. The normalized spacial score (nSPS) is 19.8. The highest BCUT2D eigenvalue weighted by atomic mass is 35.5. The highest BCUT2D eigenvalue weighted by Crippen LogP contribution is 2.40. The molecule has 1 aromatic rings. The van der Waals surface area contributed by atoms with Crippen LogP contribution in [0.3, 0.4) is 0 Å². The molecule has 17 heteroatoms. The lowest BCUT2D eigenvalue weighted by molar-refractivity contribution is -0.150. The first-order valence-electron chi connectivity index (χ1n) is 9.25. The number of aromatic nitrogens is 1. The summed E-state index contributed by atoms with van der Waals surface area (Å²) in [4.78, 5) is 69.2. The van der Waals surface area contributed by atoms with Gasteiger partial charge in [0.2, 0.25) is 0 Å². The molecule has 2 aliphatic rings. The second-order valence-corrected chi connectivity index (χ2v) is 9.49. The third-order valence-corrected chi connectivity index (χ3v) is 6.81. The zero-order valence-electron chi connectivity index (χ0n) is 17.3. The highest BCUT2D eigenvalue weighted by Gasteiger charge is 2.54. The van der Waals surface area contributed by atoms with Crippen LogP contribution in [0.5, 0.6) is 0 Å². The number of nitrogens with one attached hydrogen (secondary N) is 1. The Bertz CT molecular complexity index is 1140. The van der Waals surface area contributed by atoms with E-state index in [1.165, 1.54) is 18.7 Å². The number of thioether (sulfide) groups is 1. The smallest absolute Gasteiger partial charge is 0.352 e. The molecule has 0 aromatic carbocycles. The standard InChI is InChI=1S/C17H17ClN6O8S2/c1-5(25)31-2-6-4-33-15-10(14(28)24(15)11(6)16(29)30)21-13(27)9(23-32-3-7(19)26)8-12(18)34-17(20)22-8/h10,15H,2-4H2,1H3,(H2,19,26)(H2,20,22)(H,21,27)(H,29,30)/t10-,15-/m1/s1. The summed E-state index contributed by atoms with van der Waals surface area (Å²) in [5, 5.41) is 14.9. The van der Waals surface area contributed by atoms with Crippen molar-refractivity contribution in [3.05, 3.63) is 21.3 Å². The van der Waals surface area contributed by atoms with Gasteiger partial charge in [-0.1, -0.05) is 28.1 Å². The number of anilines is 1. The maximum Gasteiger partial charge on any atom is 0.352 e. The minimum absolute atomic E-state index is 0.00823. The molecule has 34 heavy (non-hydrogen) atoms. The molecule has 1 fully saturated rings. The molecular weight excluding hydrogens is 516 g/mol. The maximum atomic E-state index is 12.9. The topological polar surface area (TPSA) is 217 Å². The number of nitrogen functional groups attached to an aromatic ring is 1. The van der Waals surface area contributed by atoms with Gasteiger partial charge in [0.15, 0.2) is 17.5 Å². The molecule has 0 saturated carbocycles. The van der Waals surface area contributed by atoms with Gasteiger partial charge in [-0.2, -0.15) is 0 Å². The quantitative estimate of drug-likeness (QED) is 0.129. The molecule has 14 nitrogen and oxygen atoms in total. The number of hydrogen-bond donors (Lipinski definition) is 4. The molecule has 3 amide bonds. The van der Waals surface area contributed by atoms with Crippen molar-refractivity contribution in [2.45, 2.75) is 18.3 Å². The Labute approximate surface area is 204 Å². The van der Waals surface area contributed by atoms with Gasteiger partial charge in [-0.15, -0.1) is 11.8 Å². The van der Waals surface area contributed by atoms with Crippen LogP contribution in [0.1, 0.15) is 12.6 Å². The maximum absolute atomic E-state index is 12.9. The Kier molecular flexibility index (Phi) is 7.63. The van der Waals surface area contributed by atoms with Crippen LogP contribution in [0.15, 0.2) is 16.4 Å². The summed E-state index contributed by atoms with van der Waals surface area (Å²) in [6, 6.07) is -1.11. The minimum atomic E-state index is -1.38. The van der Waals surface area contributed by atoms with Crippen LogP contribution in [0.4, 0.5) is 5.13 Å². The van der Waals surface area contributed by atoms with Crippen molar-refractivity contribution in [1.82, 2.24) is 15.2 Å². The first-order chi connectivity index (χ1) is 16.0. The molecule has 3 heterocycles. The fraction of sp³-hybridized carbons (Fsp3) is 0.353. The number of ether oxygens (including phenoxy) is 1. The summed E-state index contributed by atoms with van der Waals surface area (Å²) in [6.45, 7) is 0.254. The number of nitrogens with zero attached hydrogens (tertiary/aromatic N) is 3. The van der Waals surface area contributed by atoms with Crippen LogP contribution >= 0.6 is 34.7 Å². The number of oxime groups is 1. The van der Waals surface area contributed by atoms with Gasteiger partial charge in [0.25, 0.3) is 17.7 Å². The summed E-state index contributed by atoms with van der Waals surface area (Å²) in [6.07, 6.45) is 0. The number of primary amides is 1. The fourth-order valence-electron chi connectivity index (χ4n) is 3.01. The molecule has 0 aliphatic carbocycles. The van der Waals surface area contributed by atoms with Gasteiger partial charge in [0, 0.05) is 18.2 Å². The van der Waals surface area contributed by atoms with Crippen molar-refractivity contribution in [3.8, 4) is 0 Å². The van der Waals surface area contributed by atoms with E-state index in [0.717, 1.165) is 16.2 Å². The van der Waals surface area contributed by atoms with E-state index < -0.39 is 53.4 Å². The number of hydrogen-bond acceptors (Lipinski definition) is 12. The lowest BCUT2D eigenvalue weighted by Crippen LogP contribution is -2.71. The van der Waals surface area contributed by atoms with Crippen molar-refractivity contribution in [1.29, 1.82) is 0 Å². The minimum Gasteiger partial charge on any atom is -0.477 e. The van der Waals surface area contributed by atoms with Gasteiger partial charge in [-0.25, -0.2) is 9.78 Å². The Morgan fingerprint density at radius 2 is 2.09 bits per heavy atom. The van der Waals surface area contributed by atoms with E-state index in [4.69, 9.17) is 32.6 Å². The SMILES string of the molecule is CC(=O)OCC1=C(C(=O)O)N2C(=O)[C@@H](NC(=O)C(=NOCC(N)=O)c3nc(N)sc3Cl)[C@H]2SC1. The number of β-lactam (4-membered cyclic amide) rings is 1. The molecule has 6 N–H and O–H groups in total. The Hall–Kier alpha value is -3.37. The molecule has 2 aliphatic heterocycles. The molecule has 0 unspecified atom stereocenters. The second kappa shape index (κ2) is 10.3. The molecule has 3 rings (SSSR count). The lowest BCUT2D eigenvalue weighted by Gasteiger charge is -2.49. The zero-order valence-corrected chi connectivity index (χ0v) is 19.7. The number of carbonyl (C=O) groups is 5. The van der Waals surface area contributed by atoms with E-state index in [2.05, 4.69) is 15.5 Å². The van der Waals surface area contributed by atoms with Gasteiger partial charge in [-0.3, -0.25) is 24.1 Å². The van der Waals surface area contributed by atoms with Crippen molar-refractivity contribution in [2.75, 3.05) is 24.7 Å². The third-order valence-electron chi connectivity index (χ3n) is 4.39. The summed E-state index contributed by atoms with van der Waals surface area (Å²) >= 11 is 8.08. The van der Waals surface area contributed by atoms with Crippen LogP contribution < -0.4 is 16.8 Å². The van der Waals surface area contributed by atoms with E-state index in [1.807, 2.05) is 0 Å². The monoisotopic (exact) mass is 532 g/mol. The summed E-state index contributed by atoms with van der Waals surface area (Å²) < 4.78 is 4.88. The second-order valence-electron chi connectivity index (χ2n) is 6.75. The number of halogens is 1. The van der Waals surface area contributed by atoms with Crippen LogP contribution in [0.25, 0.3) is 0 Å². The average molecular weight is 533 g/mol. The van der Waals surface area contributed by atoms with E-state index in [9.17, 15) is 29.1 Å². The first kappa shape index (κ1) is 25.3. The molecular formula is C17H17ClN6O8S2. The van der Waals surface area contributed by atoms with E-state index in [1.54, 1.807) is 0 Å². The van der Waals surface area contributed by atoms with E-state index in [-0.39, 0.29) is 38.8 Å². The Balaban J connectivity index is 1.81. The number of carbonyl (C=O) groups excluding carboxylic acids is 4. The molecule has 0 radical (unpaired) electrons. The number of aliphatic carboxylic acids is 1. The largest absolute Gasteiger partial charge is 0.477 e. The van der Waals surface area contributed by atoms with Crippen molar-refractivity contribution >= 4 is 75.2 Å². The van der Waals surface area contributed by atoms with Crippen molar-refractivity contribution < 1.29 is 38.7 Å². The first-order valence-corrected chi connectivity index (χ1v) is 11.5. The van der Waals surface area contributed by atoms with Gasteiger partial charge >= 0.3 is 11.9 Å². The average Bonchev–Trinajstić information content (AvgIpc) is 3.09. The summed E-state index contributed by atoms with van der Waals surface area (Å²) in [5.74, 6) is -4.32. The Morgan fingerprint density at radius 3 is 2.65 bits per heavy atom. The van der Waals surface area contributed by atoms with Gasteiger partial charge < -0.3 is 31.5 Å². The number of rotatable bonds is 9. The molecule has 2 atom stereocenters. The molecule has 1 aromatic heterocycles. The van der Waals surface area contributed by atoms with Gasteiger partial charge in [0.1, 0.15) is 33.7 Å². The fourth-order valence-corrected chi connectivity index (χ4v) is 5.26. The van der Waals surface area contributed by atoms with Crippen molar-refractivity contribution in [3.63, 3.8) is 0 Å². The van der Waals surface area contributed by atoms with Crippen LogP contribution in [-0.4, -0.2) is 80.7 Å². The number of nitrogens with two attached hydrogens (primary N) is 2. The zero-order chi connectivity index (χ0) is 25.2. The molecule has 182 valence electrons. The van der Waals surface area contributed by atoms with Crippen LogP contribution in [0, 0.1) is 0 Å². The van der Waals surface area contributed by atoms with Crippen molar-refractivity contribution in [2.24, 2.45) is 10.9 Å². The molecule has 1 saturated heterocycles. The van der Waals surface area contributed by atoms with E-state index >= 15 is 0 Å². The number of amides is 3. The van der Waals surface area contributed by atoms with Gasteiger partial charge in [-0.05, 0) is 0 Å². The third kappa shape index (κ3) is 5.23. The number of fused-ring (bicyclic) bond motifs is 1. The number of thiazole rings is 1. The predicted octanol–water partition coefficient (Wildman–Crippen LogP) is -1.11. The van der Waals surface area contributed by atoms with E-state index in [0.29, 0.717) is 0 Å². The number of carboxylic acid groups (broad SMARTS) is 1. The van der Waals surface area contributed by atoms with Gasteiger partial charge in [0.05, 0.1) is 0 Å². The highest BCUT2D eigenvalue weighted by molar-refractivity contribution is 8.00. The Morgan fingerprint density at radius 1 is 1.38 bits per heavy atom. The summed E-state index contributed by atoms with van der Waals surface area (Å²) in [7, 11) is 0. The molecule has 0 bridgehead atoms.